The molecule has 1 saturated carbocycles. The third-order valence-corrected chi connectivity index (χ3v) is 15.4. The molecule has 5 heteroatoms. The van der Waals surface area contributed by atoms with Crippen LogP contribution in [0.25, 0.3) is 53.2 Å². The lowest BCUT2D eigenvalue weighted by Gasteiger charge is -2.53. The summed E-state index contributed by atoms with van der Waals surface area (Å²) in [5.74, 6) is 0. The van der Waals surface area contributed by atoms with E-state index in [1.54, 1.807) is 5.56 Å². The topological polar surface area (TPSA) is 19.6 Å². The van der Waals surface area contributed by atoms with Gasteiger partial charge in [-0.1, -0.05) is 113 Å². The molecular formula is C49H43BN2OS. The van der Waals surface area contributed by atoms with Gasteiger partial charge in [-0.3, -0.25) is 0 Å². The predicted molar refractivity (Wildman–Crippen MR) is 232 cm³/mol. The van der Waals surface area contributed by atoms with Crippen molar-refractivity contribution >= 4 is 94.0 Å². The van der Waals surface area contributed by atoms with Crippen molar-refractivity contribution < 1.29 is 4.42 Å². The van der Waals surface area contributed by atoms with E-state index in [-0.39, 0.29) is 23.2 Å². The number of hydrogen-bond donors (Lipinski definition) is 0. The average Bonchev–Trinajstić information content (AvgIpc) is 3.80. The Kier molecular flexibility index (Phi) is 5.92. The van der Waals surface area contributed by atoms with Gasteiger partial charge in [-0.05, 0) is 95.6 Å². The lowest BCUT2D eigenvalue weighted by molar-refractivity contribution is 0.195. The van der Waals surface area contributed by atoms with Crippen LogP contribution in [0, 0.1) is 6.92 Å². The Hall–Kier alpha value is -5.00. The smallest absolute Gasteiger partial charge is 0.333 e. The van der Waals surface area contributed by atoms with Gasteiger partial charge in [-0.15, -0.1) is 11.3 Å². The molecule has 3 nitrogen and oxygen atoms in total. The van der Waals surface area contributed by atoms with Crippen LogP contribution in [0.3, 0.4) is 0 Å². The van der Waals surface area contributed by atoms with Crippen molar-refractivity contribution in [2.75, 3.05) is 9.71 Å². The maximum absolute atomic E-state index is 6.93. The van der Waals surface area contributed by atoms with Crippen LogP contribution in [0.4, 0.5) is 22.7 Å². The number of para-hydroxylation sites is 2. The normalized spacial score (nSPS) is 21.3. The maximum atomic E-state index is 6.93. The van der Waals surface area contributed by atoms with E-state index in [0.29, 0.717) is 0 Å². The van der Waals surface area contributed by atoms with Crippen molar-refractivity contribution in [1.82, 2.24) is 0 Å². The first-order valence-electron chi connectivity index (χ1n) is 19.9. The van der Waals surface area contributed by atoms with Crippen molar-refractivity contribution in [1.29, 1.82) is 0 Å². The summed E-state index contributed by atoms with van der Waals surface area (Å²) in [6.07, 6.45) is 4.86. The van der Waals surface area contributed by atoms with Crippen molar-refractivity contribution in [3.05, 3.63) is 120 Å². The summed E-state index contributed by atoms with van der Waals surface area (Å²) in [5.41, 5.74) is 17.0. The van der Waals surface area contributed by atoms with Crippen molar-refractivity contribution in [2.24, 2.45) is 0 Å². The molecule has 0 N–H and O–H groups in total. The summed E-state index contributed by atoms with van der Waals surface area (Å²) in [4.78, 5) is 5.65. The van der Waals surface area contributed by atoms with Crippen LogP contribution < -0.4 is 20.6 Å². The highest BCUT2D eigenvalue weighted by molar-refractivity contribution is 7.26. The van der Waals surface area contributed by atoms with E-state index < -0.39 is 0 Å². The van der Waals surface area contributed by atoms with Crippen molar-refractivity contribution in [3.63, 3.8) is 0 Å². The molecule has 0 amide bonds. The fourth-order valence-corrected chi connectivity index (χ4v) is 12.5. The molecule has 12 rings (SSSR count). The molecule has 0 radical (unpaired) electrons. The molecule has 264 valence electrons. The molecule has 1 fully saturated rings. The maximum Gasteiger partial charge on any atom is 0.333 e. The number of furan rings is 1. The molecular weight excluding hydrogens is 675 g/mol. The van der Waals surface area contributed by atoms with Crippen LogP contribution in [0.2, 0.25) is 0 Å². The van der Waals surface area contributed by atoms with Gasteiger partial charge in [0.2, 0.25) is 0 Å². The Balaban J connectivity index is 1.35. The van der Waals surface area contributed by atoms with Gasteiger partial charge in [0.05, 0.1) is 16.6 Å². The second kappa shape index (κ2) is 10.2. The van der Waals surface area contributed by atoms with Crippen LogP contribution in [-0.2, 0) is 10.8 Å². The molecule has 0 bridgehead atoms. The quantitative estimate of drug-likeness (QED) is 0.158. The van der Waals surface area contributed by atoms with E-state index in [1.807, 2.05) is 11.3 Å². The Morgan fingerprint density at radius 3 is 2.30 bits per heavy atom. The van der Waals surface area contributed by atoms with Gasteiger partial charge in [0.15, 0.2) is 0 Å². The Morgan fingerprint density at radius 1 is 0.704 bits per heavy atom. The molecule has 2 aromatic heterocycles. The number of fused-ring (bicyclic) bond motifs is 15. The van der Waals surface area contributed by atoms with Crippen LogP contribution in [0.5, 0.6) is 0 Å². The number of rotatable bonds is 1. The van der Waals surface area contributed by atoms with Gasteiger partial charge in [0.25, 0.3) is 0 Å². The van der Waals surface area contributed by atoms with Crippen molar-refractivity contribution in [3.8, 4) is 11.1 Å². The van der Waals surface area contributed by atoms with Crippen LogP contribution in [0.1, 0.15) is 77.0 Å². The molecule has 54 heavy (non-hydrogen) atoms. The molecule has 6 aromatic carbocycles. The molecule has 0 spiro atoms. The summed E-state index contributed by atoms with van der Waals surface area (Å²) in [6, 6.07) is 39.3. The van der Waals surface area contributed by atoms with Gasteiger partial charge >= 0.3 is 6.85 Å². The number of hydrogen-bond acceptors (Lipinski definition) is 4. The minimum Gasteiger partial charge on any atom is -0.456 e. The highest BCUT2D eigenvalue weighted by Crippen LogP contribution is 2.64. The third kappa shape index (κ3) is 3.65. The van der Waals surface area contributed by atoms with Crippen LogP contribution >= 0.6 is 11.3 Å². The number of aryl methyl sites for hydroxylation is 1. The van der Waals surface area contributed by atoms with Gasteiger partial charge in [-0.25, -0.2) is 0 Å². The fourth-order valence-electron chi connectivity index (χ4n) is 11.4. The molecule has 2 atom stereocenters. The Bertz CT molecular complexity index is 2970. The molecule has 5 heterocycles. The molecule has 2 unspecified atom stereocenters. The molecule has 1 aliphatic carbocycles. The largest absolute Gasteiger partial charge is 0.456 e. The number of nitrogens with zero attached hydrogens (tertiary/aromatic N) is 2. The standard InChI is InChI=1S/C49H43BN2OS/c1-28-15-7-10-18-36(28)52-44-30(21-22-40-42(44)32-17-9-12-20-39(32)54-40)33-27-38-41(31-16-8-11-19-37(31)53-38)46-43(33)50(52)35-26-29(47(2,3)4)25-34-45(35)51(46)49(6)24-14-13-23-48(34,49)5/h7-12,15-22,25-27H,13-14,23-24H2,1-6H3. The summed E-state index contributed by atoms with van der Waals surface area (Å²) in [6.45, 7) is 14.7. The summed E-state index contributed by atoms with van der Waals surface area (Å²) in [5, 5.41) is 5.16. The summed E-state index contributed by atoms with van der Waals surface area (Å²) < 4.78 is 9.59. The minimum atomic E-state index is -0.0917. The van der Waals surface area contributed by atoms with E-state index in [1.165, 1.54) is 106 Å². The van der Waals surface area contributed by atoms with Crippen molar-refractivity contribution in [2.45, 2.75) is 83.6 Å². The van der Waals surface area contributed by atoms with E-state index in [0.717, 1.165) is 17.6 Å². The SMILES string of the molecule is Cc1ccccc1N1B2c3cc(C(C)(C)C)cc4c3N(c3c2c(cc2oc5ccccc5c32)-c2ccc3sc5ccccc5c3c21)C1(C)CCCCC41C. The zero-order valence-electron chi connectivity index (χ0n) is 31.9. The monoisotopic (exact) mass is 718 g/mol. The first-order valence-corrected chi connectivity index (χ1v) is 20.7. The lowest BCUT2D eigenvalue weighted by atomic mass is 9.42. The number of anilines is 4. The van der Waals surface area contributed by atoms with E-state index in [4.69, 9.17) is 4.42 Å². The van der Waals surface area contributed by atoms with Crippen LogP contribution in [-0.4, -0.2) is 12.4 Å². The highest BCUT2D eigenvalue weighted by atomic mass is 32.1. The average molecular weight is 719 g/mol. The second-order valence-corrected chi connectivity index (χ2v) is 19.1. The lowest BCUT2D eigenvalue weighted by Crippen LogP contribution is -2.65. The van der Waals surface area contributed by atoms with Gasteiger partial charge in [0.1, 0.15) is 11.2 Å². The summed E-state index contributed by atoms with van der Waals surface area (Å²) in [7, 11) is 0. The minimum absolute atomic E-state index is 0.00412. The Morgan fingerprint density at radius 2 is 1.46 bits per heavy atom. The zero-order chi connectivity index (χ0) is 36.5. The first kappa shape index (κ1) is 31.4. The van der Waals surface area contributed by atoms with E-state index in [2.05, 4.69) is 154 Å². The highest BCUT2D eigenvalue weighted by Gasteiger charge is 2.62. The van der Waals surface area contributed by atoms with Crippen LogP contribution in [0.15, 0.2) is 108 Å². The fraction of sp³-hybridized carbons (Fsp3) is 0.265. The van der Waals surface area contributed by atoms with Gasteiger partial charge in [0, 0.05) is 53.6 Å². The first-order chi connectivity index (χ1) is 26.1. The zero-order valence-corrected chi connectivity index (χ0v) is 32.7. The molecule has 0 saturated heterocycles. The number of benzene rings is 6. The molecule has 4 aliphatic rings. The third-order valence-electron chi connectivity index (χ3n) is 14.2. The summed E-state index contributed by atoms with van der Waals surface area (Å²) >= 11 is 1.91. The van der Waals surface area contributed by atoms with Gasteiger partial charge < -0.3 is 14.1 Å². The number of thiophene rings is 1. The Labute approximate surface area is 321 Å². The van der Waals surface area contributed by atoms with Gasteiger partial charge in [-0.2, -0.15) is 0 Å². The molecule has 8 aromatic rings. The van der Waals surface area contributed by atoms with E-state index in [9.17, 15) is 0 Å². The van der Waals surface area contributed by atoms with E-state index >= 15 is 0 Å². The molecule has 3 aliphatic heterocycles. The second-order valence-electron chi connectivity index (χ2n) is 18.0. The predicted octanol–water partition coefficient (Wildman–Crippen LogP) is 12.5.